The molecule has 1 fully saturated rings. The lowest BCUT2D eigenvalue weighted by Crippen LogP contribution is -2.44. The van der Waals surface area contributed by atoms with Crippen molar-refractivity contribution in [3.63, 3.8) is 0 Å². The van der Waals surface area contributed by atoms with Crippen LogP contribution in [0.3, 0.4) is 0 Å². The highest BCUT2D eigenvalue weighted by Gasteiger charge is 2.13. The summed E-state index contributed by atoms with van der Waals surface area (Å²) in [5, 5.41) is 0. The zero-order valence-corrected chi connectivity index (χ0v) is 13.0. The molecule has 0 N–H and O–H groups in total. The summed E-state index contributed by atoms with van der Waals surface area (Å²) in [6.07, 6.45) is 1.06. The van der Waals surface area contributed by atoms with Crippen LogP contribution in [0, 0.1) is 0 Å². The number of rotatable bonds is 6. The quantitative estimate of drug-likeness (QED) is 0.738. The van der Waals surface area contributed by atoms with Crippen molar-refractivity contribution in [1.29, 1.82) is 0 Å². The smallest absolute Gasteiger partial charge is 0.119 e. The summed E-state index contributed by atoms with van der Waals surface area (Å²) >= 11 is 0. The zero-order chi connectivity index (χ0) is 14.4. The Morgan fingerprint density at radius 1 is 1.05 bits per heavy atom. The molecule has 1 aliphatic rings. The first kappa shape index (κ1) is 15.1. The van der Waals surface area contributed by atoms with Gasteiger partial charge in [-0.05, 0) is 51.8 Å². The number of anilines is 1. The van der Waals surface area contributed by atoms with Crippen LogP contribution in [0.15, 0.2) is 24.3 Å². The molecule has 0 bridgehead atoms. The number of hydrogen-bond acceptors (Lipinski definition) is 4. The molecule has 0 radical (unpaired) electrons. The maximum absolute atomic E-state index is 5.76. The van der Waals surface area contributed by atoms with Crippen molar-refractivity contribution in [1.82, 2.24) is 9.80 Å². The van der Waals surface area contributed by atoms with Crippen LogP contribution >= 0.6 is 0 Å². The second-order valence-corrected chi connectivity index (χ2v) is 5.79. The predicted molar refractivity (Wildman–Crippen MR) is 84.8 cm³/mol. The third-order valence-electron chi connectivity index (χ3n) is 3.72. The van der Waals surface area contributed by atoms with E-state index in [4.69, 9.17) is 4.74 Å². The van der Waals surface area contributed by atoms with Gasteiger partial charge >= 0.3 is 0 Å². The standard InChI is InChI=1S/C16H27N3O/c1-17(2)9-4-14-20-16-7-5-15(6-8-16)19-12-10-18(3)11-13-19/h5-8H,4,9-14H2,1-3H3. The third kappa shape index (κ3) is 4.69. The molecular formula is C16H27N3O. The second-order valence-electron chi connectivity index (χ2n) is 5.79. The number of likely N-dealkylation sites (N-methyl/N-ethyl adjacent to an activating group) is 1. The van der Waals surface area contributed by atoms with Gasteiger partial charge < -0.3 is 19.4 Å². The molecular weight excluding hydrogens is 250 g/mol. The van der Waals surface area contributed by atoms with Crippen molar-refractivity contribution >= 4 is 5.69 Å². The summed E-state index contributed by atoms with van der Waals surface area (Å²) < 4.78 is 5.76. The molecule has 0 amide bonds. The van der Waals surface area contributed by atoms with Crippen LogP contribution < -0.4 is 9.64 Å². The minimum Gasteiger partial charge on any atom is -0.494 e. The van der Waals surface area contributed by atoms with E-state index < -0.39 is 0 Å². The number of benzene rings is 1. The second kappa shape index (κ2) is 7.50. The first-order chi connectivity index (χ1) is 9.65. The summed E-state index contributed by atoms with van der Waals surface area (Å²) in [6.45, 7) is 6.36. The van der Waals surface area contributed by atoms with Gasteiger partial charge in [-0.2, -0.15) is 0 Å². The average Bonchev–Trinajstić information content (AvgIpc) is 2.45. The van der Waals surface area contributed by atoms with Gasteiger partial charge in [0.2, 0.25) is 0 Å². The molecule has 0 unspecified atom stereocenters. The summed E-state index contributed by atoms with van der Waals surface area (Å²) in [7, 11) is 6.36. The van der Waals surface area contributed by atoms with E-state index in [0.717, 1.165) is 51.5 Å². The van der Waals surface area contributed by atoms with E-state index in [1.54, 1.807) is 0 Å². The van der Waals surface area contributed by atoms with Crippen molar-refractivity contribution < 1.29 is 4.74 Å². The van der Waals surface area contributed by atoms with E-state index in [0.29, 0.717) is 0 Å². The fourth-order valence-corrected chi connectivity index (χ4v) is 2.39. The Labute approximate surface area is 122 Å². The van der Waals surface area contributed by atoms with E-state index in [9.17, 15) is 0 Å². The van der Waals surface area contributed by atoms with Gasteiger partial charge in [0.15, 0.2) is 0 Å². The van der Waals surface area contributed by atoms with E-state index in [-0.39, 0.29) is 0 Å². The number of hydrogen-bond donors (Lipinski definition) is 0. The zero-order valence-electron chi connectivity index (χ0n) is 13.0. The topological polar surface area (TPSA) is 19.0 Å². The molecule has 1 saturated heterocycles. The van der Waals surface area contributed by atoms with Crippen LogP contribution in [0.25, 0.3) is 0 Å². The molecule has 20 heavy (non-hydrogen) atoms. The van der Waals surface area contributed by atoms with Crippen LogP contribution in [0.5, 0.6) is 5.75 Å². The molecule has 1 aromatic carbocycles. The predicted octanol–water partition coefficient (Wildman–Crippen LogP) is 1.77. The fourth-order valence-electron chi connectivity index (χ4n) is 2.39. The molecule has 0 spiro atoms. The van der Waals surface area contributed by atoms with Crippen molar-refractivity contribution in [2.45, 2.75) is 6.42 Å². The lowest BCUT2D eigenvalue weighted by molar-refractivity contribution is 0.281. The molecule has 0 aromatic heterocycles. The van der Waals surface area contributed by atoms with Crippen molar-refractivity contribution in [2.24, 2.45) is 0 Å². The largest absolute Gasteiger partial charge is 0.494 e. The van der Waals surface area contributed by atoms with Crippen LogP contribution in [0.2, 0.25) is 0 Å². The van der Waals surface area contributed by atoms with Crippen molar-refractivity contribution in [2.75, 3.05) is 65.4 Å². The summed E-state index contributed by atoms with van der Waals surface area (Å²) in [5.74, 6) is 0.974. The van der Waals surface area contributed by atoms with E-state index in [1.165, 1.54) is 5.69 Å². The lowest BCUT2D eigenvalue weighted by atomic mass is 10.2. The van der Waals surface area contributed by atoms with Gasteiger partial charge in [-0.25, -0.2) is 0 Å². The first-order valence-electron chi connectivity index (χ1n) is 7.46. The maximum Gasteiger partial charge on any atom is 0.119 e. The Kier molecular flexibility index (Phi) is 5.68. The Bertz CT molecular complexity index is 383. The SMILES string of the molecule is CN(C)CCCOc1ccc(N2CCN(C)CC2)cc1. The summed E-state index contributed by atoms with van der Waals surface area (Å²) in [5.41, 5.74) is 1.30. The lowest BCUT2D eigenvalue weighted by Gasteiger charge is -2.34. The minimum atomic E-state index is 0.784. The molecule has 4 heteroatoms. The third-order valence-corrected chi connectivity index (χ3v) is 3.72. The number of ether oxygens (including phenoxy) is 1. The Morgan fingerprint density at radius 2 is 1.70 bits per heavy atom. The van der Waals surface area contributed by atoms with Crippen molar-refractivity contribution in [3.8, 4) is 5.75 Å². The van der Waals surface area contributed by atoms with Gasteiger partial charge in [-0.3, -0.25) is 0 Å². The maximum atomic E-state index is 5.76. The number of piperazine rings is 1. The number of nitrogens with zero attached hydrogens (tertiary/aromatic N) is 3. The van der Waals surface area contributed by atoms with Crippen LogP contribution in [-0.4, -0.2) is 70.3 Å². The first-order valence-corrected chi connectivity index (χ1v) is 7.46. The molecule has 2 rings (SSSR count). The highest BCUT2D eigenvalue weighted by Crippen LogP contribution is 2.20. The van der Waals surface area contributed by atoms with Gasteiger partial charge in [0.25, 0.3) is 0 Å². The summed E-state index contributed by atoms with van der Waals surface area (Å²) in [4.78, 5) is 6.99. The Morgan fingerprint density at radius 3 is 2.30 bits per heavy atom. The minimum absolute atomic E-state index is 0.784. The molecule has 0 atom stereocenters. The van der Waals surface area contributed by atoms with E-state index >= 15 is 0 Å². The van der Waals surface area contributed by atoms with Crippen LogP contribution in [-0.2, 0) is 0 Å². The van der Waals surface area contributed by atoms with Gasteiger partial charge in [-0.1, -0.05) is 0 Å². The normalized spacial score (nSPS) is 16.7. The molecule has 1 heterocycles. The summed E-state index contributed by atoms with van der Waals surface area (Å²) in [6, 6.07) is 8.52. The monoisotopic (exact) mass is 277 g/mol. The molecule has 0 saturated carbocycles. The molecule has 0 aliphatic carbocycles. The molecule has 112 valence electrons. The van der Waals surface area contributed by atoms with Gasteiger partial charge in [0, 0.05) is 38.4 Å². The molecule has 1 aromatic rings. The fraction of sp³-hybridized carbons (Fsp3) is 0.625. The average molecular weight is 277 g/mol. The van der Waals surface area contributed by atoms with Gasteiger partial charge in [-0.15, -0.1) is 0 Å². The van der Waals surface area contributed by atoms with Crippen molar-refractivity contribution in [3.05, 3.63) is 24.3 Å². The van der Waals surface area contributed by atoms with Crippen LogP contribution in [0.4, 0.5) is 5.69 Å². The highest BCUT2D eigenvalue weighted by atomic mass is 16.5. The van der Waals surface area contributed by atoms with Crippen LogP contribution in [0.1, 0.15) is 6.42 Å². The van der Waals surface area contributed by atoms with Gasteiger partial charge in [0.1, 0.15) is 5.75 Å². The Balaban J connectivity index is 1.77. The molecule has 4 nitrogen and oxygen atoms in total. The van der Waals surface area contributed by atoms with E-state index in [2.05, 4.69) is 60.1 Å². The van der Waals surface area contributed by atoms with Gasteiger partial charge in [0.05, 0.1) is 6.61 Å². The Hall–Kier alpha value is -1.26. The van der Waals surface area contributed by atoms with E-state index in [1.807, 2.05) is 0 Å². The highest BCUT2D eigenvalue weighted by molar-refractivity contribution is 5.49. The molecule has 1 aliphatic heterocycles.